The minimum absolute atomic E-state index is 0.0587. The van der Waals surface area contributed by atoms with E-state index in [0.717, 1.165) is 43.1 Å². The molecule has 1 fully saturated rings. The van der Waals surface area contributed by atoms with Crippen LogP contribution in [0, 0.1) is 0 Å². The summed E-state index contributed by atoms with van der Waals surface area (Å²) in [6.07, 6.45) is 0.691. The van der Waals surface area contributed by atoms with Crippen LogP contribution in [0.15, 0.2) is 54.6 Å². The van der Waals surface area contributed by atoms with Crippen LogP contribution in [0.3, 0.4) is 0 Å². The minimum atomic E-state index is -0.231. The number of nitrogens with one attached hydrogen (secondary N) is 1. The molecule has 2 N–H and O–H groups in total. The van der Waals surface area contributed by atoms with Crippen molar-refractivity contribution in [2.24, 2.45) is 0 Å². The molecule has 1 aliphatic heterocycles. The van der Waals surface area contributed by atoms with Crippen molar-refractivity contribution >= 4 is 17.4 Å². The van der Waals surface area contributed by atoms with Crippen LogP contribution in [0.2, 0.25) is 0 Å². The summed E-state index contributed by atoms with van der Waals surface area (Å²) >= 11 is 0. The van der Waals surface area contributed by atoms with Crippen LogP contribution in [0.4, 0.5) is 16.2 Å². The molecule has 0 bridgehead atoms. The smallest absolute Gasteiger partial charge is 0.322 e. The number of nitrogens with zero attached hydrogens (tertiary/aromatic N) is 3. The minimum Gasteiger partial charge on any atom is -0.394 e. The quantitative estimate of drug-likeness (QED) is 0.754. The molecule has 2 amide bonds. The van der Waals surface area contributed by atoms with E-state index in [-0.39, 0.29) is 18.7 Å². The largest absolute Gasteiger partial charge is 0.394 e. The molecule has 0 aromatic heterocycles. The number of carbonyl (C=O) groups is 1. The zero-order valence-corrected chi connectivity index (χ0v) is 17.4. The Bertz CT molecular complexity index is 771. The summed E-state index contributed by atoms with van der Waals surface area (Å²) in [5, 5.41) is 12.9. The highest BCUT2D eigenvalue weighted by molar-refractivity contribution is 5.93. The highest BCUT2D eigenvalue weighted by atomic mass is 16.3. The molecule has 2 aromatic carbocycles. The Morgan fingerprint density at radius 2 is 1.72 bits per heavy atom. The van der Waals surface area contributed by atoms with Crippen LogP contribution in [0.1, 0.15) is 18.9 Å². The van der Waals surface area contributed by atoms with Gasteiger partial charge in [0.15, 0.2) is 0 Å². The van der Waals surface area contributed by atoms with Crippen molar-refractivity contribution in [2.75, 3.05) is 50.1 Å². The number of hydrogen-bond donors (Lipinski definition) is 2. The van der Waals surface area contributed by atoms with Crippen molar-refractivity contribution in [1.29, 1.82) is 0 Å². The molecular formula is C23H32N4O2. The summed E-state index contributed by atoms with van der Waals surface area (Å²) in [5.74, 6) is 0. The molecule has 0 saturated carbocycles. The Morgan fingerprint density at radius 3 is 2.38 bits per heavy atom. The van der Waals surface area contributed by atoms with E-state index in [9.17, 15) is 9.90 Å². The van der Waals surface area contributed by atoms with Gasteiger partial charge in [0, 0.05) is 32.7 Å². The lowest BCUT2D eigenvalue weighted by Crippen LogP contribution is -2.46. The number of aliphatic hydroxyl groups is 1. The SMILES string of the molecule is CC[C@@H](CO)N(Cc1ccccc1)C(=O)Nc1ccccc1N1CCN(C)CC1. The number of para-hydroxylation sites is 2. The molecule has 1 heterocycles. The first-order chi connectivity index (χ1) is 14.1. The average Bonchev–Trinajstić information content (AvgIpc) is 2.75. The fourth-order valence-corrected chi connectivity index (χ4v) is 3.68. The van der Waals surface area contributed by atoms with Crippen molar-refractivity contribution in [3.05, 3.63) is 60.2 Å². The van der Waals surface area contributed by atoms with Gasteiger partial charge in [0.2, 0.25) is 0 Å². The van der Waals surface area contributed by atoms with Crippen LogP contribution in [-0.4, -0.2) is 66.8 Å². The topological polar surface area (TPSA) is 59.1 Å². The van der Waals surface area contributed by atoms with Gasteiger partial charge < -0.3 is 25.1 Å². The Kier molecular flexibility index (Phi) is 7.49. The predicted molar refractivity (Wildman–Crippen MR) is 118 cm³/mol. The van der Waals surface area contributed by atoms with Gasteiger partial charge in [-0.1, -0.05) is 49.4 Å². The molecule has 1 saturated heterocycles. The van der Waals surface area contributed by atoms with Crippen LogP contribution in [-0.2, 0) is 6.54 Å². The Hall–Kier alpha value is -2.57. The van der Waals surface area contributed by atoms with Gasteiger partial charge in [0.25, 0.3) is 0 Å². The van der Waals surface area contributed by atoms with Gasteiger partial charge in [0.1, 0.15) is 0 Å². The van der Waals surface area contributed by atoms with Gasteiger partial charge in [0.05, 0.1) is 24.0 Å². The number of aliphatic hydroxyl groups excluding tert-OH is 1. The van der Waals surface area contributed by atoms with E-state index >= 15 is 0 Å². The number of likely N-dealkylation sites (N-methyl/N-ethyl adjacent to an activating group) is 1. The number of benzene rings is 2. The number of piperazine rings is 1. The van der Waals surface area contributed by atoms with E-state index in [2.05, 4.69) is 28.2 Å². The number of rotatable bonds is 7. The molecule has 0 unspecified atom stereocenters. The first kappa shape index (κ1) is 21.1. The highest BCUT2D eigenvalue weighted by Gasteiger charge is 2.24. The van der Waals surface area contributed by atoms with Crippen LogP contribution >= 0.6 is 0 Å². The Labute approximate surface area is 173 Å². The zero-order valence-electron chi connectivity index (χ0n) is 17.4. The van der Waals surface area contributed by atoms with Gasteiger partial charge in [-0.2, -0.15) is 0 Å². The normalized spacial score (nSPS) is 15.8. The van der Waals surface area contributed by atoms with E-state index in [1.165, 1.54) is 0 Å². The van der Waals surface area contributed by atoms with E-state index in [1.807, 2.05) is 55.5 Å². The summed E-state index contributed by atoms with van der Waals surface area (Å²) in [6.45, 7) is 6.27. The lowest BCUT2D eigenvalue weighted by molar-refractivity contribution is 0.134. The molecular weight excluding hydrogens is 364 g/mol. The van der Waals surface area contributed by atoms with Crippen molar-refractivity contribution in [3.8, 4) is 0 Å². The number of hydrogen-bond acceptors (Lipinski definition) is 4. The predicted octanol–water partition coefficient (Wildman–Crippen LogP) is 3.24. The molecule has 2 aromatic rings. The Balaban J connectivity index is 1.79. The summed E-state index contributed by atoms with van der Waals surface area (Å²) in [6, 6.07) is 17.4. The van der Waals surface area contributed by atoms with Crippen molar-refractivity contribution in [3.63, 3.8) is 0 Å². The van der Waals surface area contributed by atoms with Gasteiger partial charge >= 0.3 is 6.03 Å². The molecule has 29 heavy (non-hydrogen) atoms. The van der Waals surface area contributed by atoms with E-state index in [0.29, 0.717) is 13.0 Å². The van der Waals surface area contributed by atoms with Gasteiger partial charge in [-0.25, -0.2) is 4.79 Å². The number of urea groups is 1. The van der Waals surface area contributed by atoms with E-state index < -0.39 is 0 Å². The average molecular weight is 397 g/mol. The number of carbonyl (C=O) groups excluding carboxylic acids is 1. The fraction of sp³-hybridized carbons (Fsp3) is 0.435. The summed E-state index contributed by atoms with van der Waals surface area (Å²) < 4.78 is 0. The molecule has 6 nitrogen and oxygen atoms in total. The van der Waals surface area contributed by atoms with Gasteiger partial charge in [-0.15, -0.1) is 0 Å². The monoisotopic (exact) mass is 396 g/mol. The third-order valence-corrected chi connectivity index (χ3v) is 5.57. The Morgan fingerprint density at radius 1 is 1.07 bits per heavy atom. The summed E-state index contributed by atoms with van der Waals surface area (Å²) in [4.78, 5) is 19.6. The first-order valence-electron chi connectivity index (χ1n) is 10.4. The molecule has 0 radical (unpaired) electrons. The maximum Gasteiger partial charge on any atom is 0.322 e. The van der Waals surface area contributed by atoms with Gasteiger partial charge in [-0.05, 0) is 31.2 Å². The molecule has 6 heteroatoms. The second-order valence-electron chi connectivity index (χ2n) is 7.60. The molecule has 0 aliphatic carbocycles. The summed E-state index contributed by atoms with van der Waals surface area (Å²) in [5.41, 5.74) is 2.90. The maximum atomic E-state index is 13.2. The second-order valence-corrected chi connectivity index (χ2v) is 7.60. The molecule has 0 spiro atoms. The van der Waals surface area contributed by atoms with Crippen LogP contribution in [0.25, 0.3) is 0 Å². The van der Waals surface area contributed by atoms with E-state index in [1.54, 1.807) is 4.90 Å². The summed E-state index contributed by atoms with van der Waals surface area (Å²) in [7, 11) is 2.13. The first-order valence-corrected chi connectivity index (χ1v) is 10.4. The molecule has 3 rings (SSSR count). The lowest BCUT2D eigenvalue weighted by Gasteiger charge is -2.35. The van der Waals surface area contributed by atoms with Crippen molar-refractivity contribution in [2.45, 2.75) is 25.9 Å². The molecule has 156 valence electrons. The number of anilines is 2. The molecule has 1 aliphatic rings. The number of amides is 2. The van der Waals surface area contributed by atoms with E-state index in [4.69, 9.17) is 0 Å². The van der Waals surface area contributed by atoms with Crippen LogP contribution < -0.4 is 10.2 Å². The molecule has 1 atom stereocenters. The second kappa shape index (κ2) is 10.3. The maximum absolute atomic E-state index is 13.2. The van der Waals surface area contributed by atoms with Crippen molar-refractivity contribution in [1.82, 2.24) is 9.80 Å². The highest BCUT2D eigenvalue weighted by Crippen LogP contribution is 2.27. The standard InChI is InChI=1S/C23H32N4O2/c1-3-20(18-28)27(17-19-9-5-4-6-10-19)23(29)24-21-11-7-8-12-22(21)26-15-13-25(2)14-16-26/h4-12,20,28H,3,13-18H2,1-2H3,(H,24,29)/t20-/m0/s1. The fourth-order valence-electron chi connectivity index (χ4n) is 3.68. The third-order valence-electron chi connectivity index (χ3n) is 5.57. The lowest BCUT2D eigenvalue weighted by atomic mass is 10.1. The van der Waals surface area contributed by atoms with Gasteiger partial charge in [-0.3, -0.25) is 0 Å². The zero-order chi connectivity index (χ0) is 20.6. The van der Waals surface area contributed by atoms with Crippen LogP contribution in [0.5, 0.6) is 0 Å². The van der Waals surface area contributed by atoms with Crippen molar-refractivity contribution < 1.29 is 9.90 Å². The third kappa shape index (κ3) is 5.49.